The van der Waals surface area contributed by atoms with Gasteiger partial charge in [-0.2, -0.15) is 0 Å². The summed E-state index contributed by atoms with van der Waals surface area (Å²) in [5.41, 5.74) is 3.46. The molecule has 27 heavy (non-hydrogen) atoms. The van der Waals surface area contributed by atoms with E-state index in [9.17, 15) is 4.79 Å². The van der Waals surface area contributed by atoms with Crippen LogP contribution in [0.25, 0.3) is 17.1 Å². The Balaban J connectivity index is 1.50. The number of methoxy groups -OCH3 is 1. The summed E-state index contributed by atoms with van der Waals surface area (Å²) in [5, 5.41) is 5.00. The molecular formula is C22H27N3O2. The maximum absolute atomic E-state index is 11.6. The Morgan fingerprint density at radius 2 is 2.11 bits per heavy atom. The van der Waals surface area contributed by atoms with E-state index in [0.717, 1.165) is 40.0 Å². The largest absolute Gasteiger partial charge is 0.466 e. The van der Waals surface area contributed by atoms with Crippen molar-refractivity contribution in [2.45, 2.75) is 45.1 Å². The molecule has 2 aromatic heterocycles. The van der Waals surface area contributed by atoms with E-state index in [1.807, 2.05) is 18.5 Å². The maximum Gasteiger partial charge on any atom is 0.330 e. The minimum atomic E-state index is -0.349. The van der Waals surface area contributed by atoms with Gasteiger partial charge in [0.05, 0.1) is 12.8 Å². The van der Waals surface area contributed by atoms with Crippen molar-refractivity contribution in [3.05, 3.63) is 30.1 Å². The van der Waals surface area contributed by atoms with E-state index < -0.39 is 0 Å². The van der Waals surface area contributed by atoms with Crippen molar-refractivity contribution >= 4 is 28.8 Å². The van der Waals surface area contributed by atoms with Crippen molar-refractivity contribution in [1.29, 1.82) is 0 Å². The van der Waals surface area contributed by atoms with E-state index in [4.69, 9.17) is 4.74 Å². The number of H-pyrrole nitrogens is 1. The van der Waals surface area contributed by atoms with Crippen LogP contribution >= 0.6 is 0 Å². The number of aromatic nitrogens is 2. The van der Waals surface area contributed by atoms with Crippen LogP contribution in [0.5, 0.6) is 0 Å². The zero-order valence-corrected chi connectivity index (χ0v) is 16.0. The predicted octanol–water partition coefficient (Wildman–Crippen LogP) is 4.38. The highest BCUT2D eigenvalue weighted by molar-refractivity contribution is 5.96. The summed E-state index contributed by atoms with van der Waals surface area (Å²) in [7, 11) is 1.40. The molecule has 0 radical (unpaired) electrons. The average molecular weight is 365 g/mol. The molecule has 0 amide bonds. The average Bonchev–Trinajstić information content (AvgIpc) is 3.10. The SMILES string of the molecule is COC(=O)/C=C/c1cnc2[nH]ccc2c1NC1C2CC3CC1CC(C)(C3)C2. The molecule has 142 valence electrons. The molecule has 5 heteroatoms. The van der Waals surface area contributed by atoms with Crippen molar-refractivity contribution in [2.24, 2.45) is 23.2 Å². The number of hydrogen-bond donors (Lipinski definition) is 2. The third-order valence-corrected chi connectivity index (χ3v) is 7.11. The molecule has 2 unspecified atom stereocenters. The summed E-state index contributed by atoms with van der Waals surface area (Å²) in [5.74, 6) is 2.08. The lowest BCUT2D eigenvalue weighted by Gasteiger charge is -2.59. The van der Waals surface area contributed by atoms with Crippen LogP contribution in [0, 0.1) is 23.2 Å². The van der Waals surface area contributed by atoms with Crippen LogP contribution in [-0.4, -0.2) is 29.1 Å². The number of carbonyl (C=O) groups excluding carboxylic acids is 1. The van der Waals surface area contributed by atoms with Gasteiger partial charge in [0, 0.05) is 35.5 Å². The third-order valence-electron chi connectivity index (χ3n) is 7.11. The van der Waals surface area contributed by atoms with Crippen LogP contribution < -0.4 is 5.32 Å². The number of aromatic amines is 1. The number of ether oxygens (including phenoxy) is 1. The first-order valence-electron chi connectivity index (χ1n) is 10.0. The van der Waals surface area contributed by atoms with Gasteiger partial charge in [0.25, 0.3) is 0 Å². The first kappa shape index (κ1) is 16.8. The topological polar surface area (TPSA) is 67.0 Å². The van der Waals surface area contributed by atoms with E-state index >= 15 is 0 Å². The fraction of sp³-hybridized carbons (Fsp3) is 0.545. The highest BCUT2D eigenvalue weighted by Gasteiger charge is 2.53. The lowest BCUT2D eigenvalue weighted by atomic mass is 9.48. The first-order chi connectivity index (χ1) is 13.0. The highest BCUT2D eigenvalue weighted by Crippen LogP contribution is 2.60. The molecule has 4 aliphatic rings. The van der Waals surface area contributed by atoms with Crippen molar-refractivity contribution in [2.75, 3.05) is 12.4 Å². The van der Waals surface area contributed by atoms with Gasteiger partial charge in [0.15, 0.2) is 0 Å². The fourth-order valence-electron chi connectivity index (χ4n) is 6.37. The van der Waals surface area contributed by atoms with Crippen LogP contribution in [0.2, 0.25) is 0 Å². The molecule has 2 aromatic rings. The number of fused-ring (bicyclic) bond motifs is 1. The first-order valence-corrected chi connectivity index (χ1v) is 10.0. The van der Waals surface area contributed by atoms with Gasteiger partial charge in [-0.1, -0.05) is 6.92 Å². The van der Waals surface area contributed by atoms with Crippen molar-refractivity contribution in [3.8, 4) is 0 Å². The van der Waals surface area contributed by atoms with Gasteiger partial charge in [0.2, 0.25) is 0 Å². The summed E-state index contributed by atoms with van der Waals surface area (Å²) in [6, 6.07) is 2.58. The number of nitrogens with zero attached hydrogens (tertiary/aromatic N) is 1. The van der Waals surface area contributed by atoms with Crippen LogP contribution in [-0.2, 0) is 9.53 Å². The van der Waals surface area contributed by atoms with Crippen LogP contribution in [0.1, 0.15) is 44.6 Å². The zero-order valence-electron chi connectivity index (χ0n) is 16.0. The maximum atomic E-state index is 11.6. The normalized spacial score (nSPS) is 34.4. The van der Waals surface area contributed by atoms with Gasteiger partial charge in [0.1, 0.15) is 5.65 Å². The Labute approximate surface area is 159 Å². The van der Waals surface area contributed by atoms with Crippen molar-refractivity contribution < 1.29 is 9.53 Å². The molecule has 0 saturated heterocycles. The number of anilines is 1. The molecular weight excluding hydrogens is 338 g/mol. The van der Waals surface area contributed by atoms with Crippen molar-refractivity contribution in [1.82, 2.24) is 9.97 Å². The molecule has 5 nitrogen and oxygen atoms in total. The van der Waals surface area contributed by atoms with E-state index in [1.165, 1.54) is 45.3 Å². The molecule has 4 fully saturated rings. The number of nitrogens with one attached hydrogen (secondary N) is 2. The minimum Gasteiger partial charge on any atom is -0.466 e. The van der Waals surface area contributed by atoms with Gasteiger partial charge in [-0.15, -0.1) is 0 Å². The van der Waals surface area contributed by atoms with Crippen LogP contribution in [0.15, 0.2) is 24.5 Å². The standard InChI is InChI=1S/C22H27N3O2/c1-22-9-13-7-15(10-22)19(16(8-13)11-22)25-20-14(3-4-18(26)27-2)12-24-21-17(20)5-6-23-21/h3-6,12-13,15-16,19H,7-11H2,1-2H3,(H2,23,24,25)/b4-3+. The van der Waals surface area contributed by atoms with E-state index in [1.54, 1.807) is 0 Å². The van der Waals surface area contributed by atoms with Gasteiger partial charge in [-0.25, -0.2) is 9.78 Å². The van der Waals surface area contributed by atoms with Gasteiger partial charge >= 0.3 is 5.97 Å². The third kappa shape index (κ3) is 2.84. The molecule has 6 rings (SSSR count). The molecule has 0 aliphatic heterocycles. The lowest BCUT2D eigenvalue weighted by molar-refractivity contribution is -0.134. The zero-order chi connectivity index (χ0) is 18.6. The minimum absolute atomic E-state index is 0.349. The summed E-state index contributed by atoms with van der Waals surface area (Å²) >= 11 is 0. The number of esters is 1. The Hall–Kier alpha value is -2.30. The Kier molecular flexibility index (Phi) is 3.81. The molecule has 4 saturated carbocycles. The Morgan fingerprint density at radius 3 is 2.81 bits per heavy atom. The molecule has 2 atom stereocenters. The van der Waals surface area contributed by atoms with Crippen molar-refractivity contribution in [3.63, 3.8) is 0 Å². The van der Waals surface area contributed by atoms with E-state index in [-0.39, 0.29) is 5.97 Å². The Morgan fingerprint density at radius 1 is 1.33 bits per heavy atom. The van der Waals surface area contributed by atoms with Crippen LogP contribution in [0.3, 0.4) is 0 Å². The molecule has 0 aromatic carbocycles. The molecule has 4 bridgehead atoms. The molecule has 2 heterocycles. The quantitative estimate of drug-likeness (QED) is 0.623. The summed E-state index contributed by atoms with van der Waals surface area (Å²) in [6.07, 6.45) is 13.9. The monoisotopic (exact) mass is 365 g/mol. The lowest BCUT2D eigenvalue weighted by Crippen LogP contribution is -2.55. The predicted molar refractivity (Wildman–Crippen MR) is 106 cm³/mol. The fourth-order valence-corrected chi connectivity index (χ4v) is 6.37. The summed E-state index contributed by atoms with van der Waals surface area (Å²) < 4.78 is 4.75. The van der Waals surface area contributed by atoms with Gasteiger partial charge in [-0.05, 0) is 67.4 Å². The van der Waals surface area contributed by atoms with Gasteiger partial charge in [-0.3, -0.25) is 0 Å². The number of rotatable bonds is 4. The van der Waals surface area contributed by atoms with Crippen LogP contribution in [0.4, 0.5) is 5.69 Å². The second kappa shape index (κ2) is 6.11. The second-order valence-electron chi connectivity index (χ2n) is 9.14. The Bertz CT molecular complexity index is 899. The second-order valence-corrected chi connectivity index (χ2v) is 9.14. The van der Waals surface area contributed by atoms with Gasteiger partial charge < -0.3 is 15.0 Å². The molecule has 0 spiro atoms. The summed E-state index contributed by atoms with van der Waals surface area (Å²) in [6.45, 7) is 2.50. The molecule has 4 aliphatic carbocycles. The highest BCUT2D eigenvalue weighted by atomic mass is 16.5. The number of pyridine rings is 1. The molecule has 2 N–H and O–H groups in total. The number of carbonyl (C=O) groups is 1. The van der Waals surface area contributed by atoms with E-state index in [0.29, 0.717) is 11.5 Å². The van der Waals surface area contributed by atoms with E-state index in [2.05, 4.69) is 28.3 Å². The smallest absolute Gasteiger partial charge is 0.330 e. The summed E-state index contributed by atoms with van der Waals surface area (Å²) in [4.78, 5) is 19.3. The number of hydrogen-bond acceptors (Lipinski definition) is 4.